The van der Waals surface area contributed by atoms with Crippen LogP contribution >= 0.6 is 0 Å². The molecule has 9 nitrogen and oxygen atoms in total. The van der Waals surface area contributed by atoms with E-state index in [-0.39, 0.29) is 11.9 Å². The molecular formula is C26H26N6O3. The summed E-state index contributed by atoms with van der Waals surface area (Å²) in [6.07, 6.45) is 3.28. The van der Waals surface area contributed by atoms with Gasteiger partial charge in [0.25, 0.3) is 5.91 Å². The third-order valence-electron chi connectivity index (χ3n) is 5.06. The van der Waals surface area contributed by atoms with Crippen LogP contribution in [-0.2, 0) is 6.54 Å². The summed E-state index contributed by atoms with van der Waals surface area (Å²) in [5, 5.41) is 8.34. The van der Waals surface area contributed by atoms with E-state index in [1.54, 1.807) is 60.9 Å². The van der Waals surface area contributed by atoms with E-state index in [2.05, 4.69) is 25.9 Å². The molecule has 0 atom stereocenters. The summed E-state index contributed by atoms with van der Waals surface area (Å²) in [5.74, 6) is 1.04. The molecule has 0 unspecified atom stereocenters. The Bertz CT molecular complexity index is 1320. The minimum absolute atomic E-state index is 0.145. The van der Waals surface area contributed by atoms with Crippen LogP contribution in [0.4, 0.5) is 16.2 Å². The second-order valence-corrected chi connectivity index (χ2v) is 7.65. The minimum atomic E-state index is -0.357. The molecule has 0 radical (unpaired) electrons. The predicted molar refractivity (Wildman–Crippen MR) is 136 cm³/mol. The molecule has 2 aromatic heterocycles. The predicted octanol–water partition coefficient (Wildman–Crippen LogP) is 4.72. The van der Waals surface area contributed by atoms with E-state index in [4.69, 9.17) is 10.5 Å². The summed E-state index contributed by atoms with van der Waals surface area (Å²) in [6, 6.07) is 19.3. The molecule has 0 saturated carbocycles. The van der Waals surface area contributed by atoms with Crippen molar-refractivity contribution in [2.24, 2.45) is 5.73 Å². The topological polar surface area (TPSA) is 134 Å². The zero-order chi connectivity index (χ0) is 24.6. The van der Waals surface area contributed by atoms with Crippen molar-refractivity contribution in [1.29, 1.82) is 0 Å². The maximum Gasteiger partial charge on any atom is 0.323 e. The van der Waals surface area contributed by atoms with Crippen molar-refractivity contribution in [3.8, 4) is 22.9 Å². The molecule has 0 bridgehead atoms. The number of rotatable bonds is 8. The van der Waals surface area contributed by atoms with Crippen LogP contribution in [-0.4, -0.2) is 28.5 Å². The Balaban J connectivity index is 1.37. The summed E-state index contributed by atoms with van der Waals surface area (Å²) in [6.45, 7) is 2.83. The molecule has 178 valence electrons. The molecule has 0 aliphatic carbocycles. The quantitative estimate of drug-likeness (QED) is 0.254. The number of amides is 3. The monoisotopic (exact) mass is 470 g/mol. The van der Waals surface area contributed by atoms with Gasteiger partial charge >= 0.3 is 6.03 Å². The zero-order valence-corrected chi connectivity index (χ0v) is 19.2. The number of nitrogens with one attached hydrogen (secondary N) is 4. The lowest BCUT2D eigenvalue weighted by atomic mass is 10.2. The SMILES string of the molecule is CCNC(=O)c1c[nH]c(-c2cc(Oc3ccc(NC(=O)Nc4cccc(CN)c4)cc3)ccn2)c1. The highest BCUT2D eigenvalue weighted by Gasteiger charge is 2.10. The van der Waals surface area contributed by atoms with E-state index in [0.29, 0.717) is 52.9 Å². The lowest BCUT2D eigenvalue weighted by molar-refractivity contribution is 0.0956. The maximum atomic E-state index is 12.3. The first kappa shape index (κ1) is 23.5. The number of aromatic amines is 1. The van der Waals surface area contributed by atoms with Gasteiger partial charge in [-0.25, -0.2) is 4.79 Å². The average molecular weight is 471 g/mol. The Kier molecular flexibility index (Phi) is 7.39. The number of nitrogens with zero attached hydrogens (tertiary/aromatic N) is 1. The number of ether oxygens (including phenoxy) is 1. The number of nitrogens with two attached hydrogens (primary N) is 1. The zero-order valence-electron chi connectivity index (χ0n) is 19.2. The third-order valence-corrected chi connectivity index (χ3v) is 5.06. The van der Waals surface area contributed by atoms with Crippen molar-refractivity contribution >= 4 is 23.3 Å². The molecule has 9 heteroatoms. The highest BCUT2D eigenvalue weighted by Crippen LogP contribution is 2.26. The van der Waals surface area contributed by atoms with E-state index in [0.717, 1.165) is 5.56 Å². The van der Waals surface area contributed by atoms with Gasteiger partial charge in [-0.1, -0.05) is 12.1 Å². The fourth-order valence-electron chi connectivity index (χ4n) is 3.37. The largest absolute Gasteiger partial charge is 0.457 e. The molecule has 0 spiro atoms. The number of urea groups is 1. The van der Waals surface area contributed by atoms with Crippen LogP contribution in [0.1, 0.15) is 22.8 Å². The molecule has 6 N–H and O–H groups in total. The van der Waals surface area contributed by atoms with Crippen LogP contribution in [0.2, 0.25) is 0 Å². The fraction of sp³-hybridized carbons (Fsp3) is 0.115. The molecular weight excluding hydrogens is 444 g/mol. The molecule has 2 aromatic carbocycles. The fourth-order valence-corrected chi connectivity index (χ4v) is 3.37. The number of aromatic nitrogens is 2. The molecule has 4 rings (SSSR count). The van der Waals surface area contributed by atoms with Gasteiger partial charge in [-0.05, 0) is 61.0 Å². The van der Waals surface area contributed by atoms with E-state index >= 15 is 0 Å². The van der Waals surface area contributed by atoms with Gasteiger partial charge in [-0.2, -0.15) is 0 Å². The first-order valence-corrected chi connectivity index (χ1v) is 11.1. The van der Waals surface area contributed by atoms with Gasteiger partial charge in [-0.15, -0.1) is 0 Å². The summed E-state index contributed by atoms with van der Waals surface area (Å²) in [4.78, 5) is 31.7. The second-order valence-electron chi connectivity index (χ2n) is 7.65. The van der Waals surface area contributed by atoms with Gasteiger partial charge in [0.1, 0.15) is 11.5 Å². The number of H-pyrrole nitrogens is 1. The molecule has 3 amide bonds. The number of hydrogen-bond donors (Lipinski definition) is 5. The molecule has 0 fully saturated rings. The number of carbonyl (C=O) groups excluding carboxylic acids is 2. The first-order chi connectivity index (χ1) is 17.0. The average Bonchev–Trinajstić information content (AvgIpc) is 3.36. The summed E-state index contributed by atoms with van der Waals surface area (Å²) >= 11 is 0. The minimum Gasteiger partial charge on any atom is -0.457 e. The number of anilines is 2. The van der Waals surface area contributed by atoms with Crippen LogP contribution in [0.15, 0.2) is 79.1 Å². The van der Waals surface area contributed by atoms with Gasteiger partial charge < -0.3 is 31.4 Å². The van der Waals surface area contributed by atoms with Crippen LogP contribution in [0, 0.1) is 0 Å². The first-order valence-electron chi connectivity index (χ1n) is 11.1. The standard InChI is InChI=1S/C26H26N6O3/c1-2-28-25(33)18-13-23(30-16-18)24-14-22(10-11-29-24)35-21-8-6-19(7-9-21)31-26(34)32-20-5-3-4-17(12-20)15-27/h3-14,16,30H,2,15,27H2,1H3,(H,28,33)(H2,31,32,34). The van der Waals surface area contributed by atoms with Crippen molar-refractivity contribution in [3.05, 3.63) is 90.3 Å². The number of pyridine rings is 1. The van der Waals surface area contributed by atoms with E-state index in [1.165, 1.54) is 0 Å². The van der Waals surface area contributed by atoms with E-state index in [9.17, 15) is 9.59 Å². The van der Waals surface area contributed by atoms with E-state index < -0.39 is 0 Å². The lowest BCUT2D eigenvalue weighted by Gasteiger charge is -2.10. The van der Waals surface area contributed by atoms with Gasteiger partial charge in [-0.3, -0.25) is 9.78 Å². The summed E-state index contributed by atoms with van der Waals surface area (Å²) in [7, 11) is 0. The summed E-state index contributed by atoms with van der Waals surface area (Å²) in [5.41, 5.74) is 9.75. The van der Waals surface area contributed by atoms with Crippen LogP contribution < -0.4 is 26.4 Å². The van der Waals surface area contributed by atoms with Gasteiger partial charge in [0.15, 0.2) is 0 Å². The molecule has 0 aliphatic heterocycles. The third kappa shape index (κ3) is 6.24. The maximum absolute atomic E-state index is 12.3. The number of hydrogen-bond acceptors (Lipinski definition) is 5. The summed E-state index contributed by atoms with van der Waals surface area (Å²) < 4.78 is 5.94. The van der Waals surface area contributed by atoms with Crippen LogP contribution in [0.25, 0.3) is 11.4 Å². The smallest absolute Gasteiger partial charge is 0.323 e. The van der Waals surface area contributed by atoms with Crippen molar-refractivity contribution in [1.82, 2.24) is 15.3 Å². The Hall–Kier alpha value is -4.63. The van der Waals surface area contributed by atoms with Crippen molar-refractivity contribution in [2.45, 2.75) is 13.5 Å². The number of carbonyl (C=O) groups is 2. The molecule has 2 heterocycles. The molecule has 0 aliphatic rings. The molecule has 0 saturated heterocycles. The second kappa shape index (κ2) is 11.0. The van der Waals surface area contributed by atoms with E-state index in [1.807, 2.05) is 25.1 Å². The number of benzene rings is 2. The van der Waals surface area contributed by atoms with Crippen molar-refractivity contribution in [3.63, 3.8) is 0 Å². The van der Waals surface area contributed by atoms with Gasteiger partial charge in [0.05, 0.1) is 17.0 Å². The Morgan fingerprint density at radius 2 is 1.77 bits per heavy atom. The van der Waals surface area contributed by atoms with Crippen molar-refractivity contribution in [2.75, 3.05) is 17.2 Å². The Morgan fingerprint density at radius 1 is 0.971 bits per heavy atom. The van der Waals surface area contributed by atoms with Crippen LogP contribution in [0.3, 0.4) is 0 Å². The van der Waals surface area contributed by atoms with Crippen LogP contribution in [0.5, 0.6) is 11.5 Å². The highest BCUT2D eigenvalue weighted by molar-refractivity contribution is 5.99. The Morgan fingerprint density at radius 3 is 2.54 bits per heavy atom. The van der Waals surface area contributed by atoms with Gasteiger partial charge in [0, 0.05) is 42.9 Å². The Labute approximate surface area is 202 Å². The lowest BCUT2D eigenvalue weighted by Crippen LogP contribution is -2.21. The highest BCUT2D eigenvalue weighted by atomic mass is 16.5. The molecule has 35 heavy (non-hydrogen) atoms. The van der Waals surface area contributed by atoms with Gasteiger partial charge in [0.2, 0.25) is 0 Å². The van der Waals surface area contributed by atoms with Crippen molar-refractivity contribution < 1.29 is 14.3 Å². The normalized spacial score (nSPS) is 10.5. The molecule has 4 aromatic rings.